The van der Waals surface area contributed by atoms with Crippen LogP contribution in [-0.2, 0) is 11.2 Å². The fourth-order valence-electron chi connectivity index (χ4n) is 2.49. The van der Waals surface area contributed by atoms with Crippen LogP contribution in [0.25, 0.3) is 0 Å². The van der Waals surface area contributed by atoms with E-state index in [9.17, 15) is 5.11 Å². The van der Waals surface area contributed by atoms with E-state index >= 15 is 0 Å². The van der Waals surface area contributed by atoms with Gasteiger partial charge in [-0.05, 0) is 30.5 Å². The lowest BCUT2D eigenvalue weighted by atomic mass is 10.0. The summed E-state index contributed by atoms with van der Waals surface area (Å²) < 4.78 is 5.17. The highest BCUT2D eigenvalue weighted by Crippen LogP contribution is 2.29. The quantitative estimate of drug-likeness (QED) is 0.691. The van der Waals surface area contributed by atoms with Crippen molar-refractivity contribution in [1.29, 1.82) is 0 Å². The Bertz CT molecular complexity index is 426. The number of fused-ring (bicyclic) bond motifs is 1. The first-order chi connectivity index (χ1) is 9.74. The van der Waals surface area contributed by atoms with Gasteiger partial charge in [-0.1, -0.05) is 6.07 Å². The number of nitrogens with one attached hydrogen (secondary N) is 1. The summed E-state index contributed by atoms with van der Waals surface area (Å²) in [5, 5.41) is 21.4. The van der Waals surface area contributed by atoms with E-state index in [4.69, 9.17) is 9.84 Å². The van der Waals surface area contributed by atoms with Crippen LogP contribution in [0.1, 0.15) is 12.0 Å². The molecule has 20 heavy (non-hydrogen) atoms. The molecular weight excluding hydrogens is 256 g/mol. The summed E-state index contributed by atoms with van der Waals surface area (Å²) in [5.74, 6) is 0. The summed E-state index contributed by atoms with van der Waals surface area (Å²) >= 11 is 0. The predicted octanol–water partition coefficient (Wildman–Crippen LogP) is 0.851. The fraction of sp³-hybridized carbons (Fsp3) is 0.600. The van der Waals surface area contributed by atoms with Gasteiger partial charge in [0.2, 0.25) is 0 Å². The Kier molecular flexibility index (Phi) is 5.64. The van der Waals surface area contributed by atoms with Crippen molar-refractivity contribution in [3.63, 3.8) is 0 Å². The van der Waals surface area contributed by atoms with Crippen LogP contribution in [-0.4, -0.2) is 56.3 Å². The van der Waals surface area contributed by atoms with Gasteiger partial charge in [0.05, 0.1) is 19.3 Å². The van der Waals surface area contributed by atoms with Crippen LogP contribution in [0.15, 0.2) is 18.2 Å². The number of anilines is 2. The number of rotatable bonds is 7. The van der Waals surface area contributed by atoms with Crippen molar-refractivity contribution in [1.82, 2.24) is 0 Å². The molecule has 3 N–H and O–H groups in total. The molecule has 0 amide bonds. The first kappa shape index (κ1) is 15.1. The third-order valence-electron chi connectivity index (χ3n) is 3.62. The van der Waals surface area contributed by atoms with Gasteiger partial charge in [-0.2, -0.15) is 0 Å². The van der Waals surface area contributed by atoms with Crippen LogP contribution in [0.2, 0.25) is 0 Å². The monoisotopic (exact) mass is 280 g/mol. The zero-order valence-corrected chi connectivity index (χ0v) is 12.0. The van der Waals surface area contributed by atoms with E-state index in [1.54, 1.807) is 7.11 Å². The maximum Gasteiger partial charge on any atom is 0.0942 e. The molecule has 0 radical (unpaired) electrons. The minimum absolute atomic E-state index is 0.224. The molecule has 0 bridgehead atoms. The number of aryl methyl sites for hydroxylation is 1. The molecule has 0 saturated heterocycles. The van der Waals surface area contributed by atoms with E-state index in [-0.39, 0.29) is 6.61 Å². The number of benzene rings is 1. The Balaban J connectivity index is 2.06. The SMILES string of the molecule is COCCN1CCCc2ccc(NCC(O)CO)cc21. The molecule has 1 atom stereocenters. The highest BCUT2D eigenvalue weighted by Gasteiger charge is 2.17. The Labute approximate surface area is 120 Å². The smallest absolute Gasteiger partial charge is 0.0942 e. The normalized spacial score (nSPS) is 15.8. The predicted molar refractivity (Wildman–Crippen MR) is 80.4 cm³/mol. The summed E-state index contributed by atoms with van der Waals surface area (Å²) in [5.41, 5.74) is 3.58. The van der Waals surface area contributed by atoms with Crippen LogP contribution in [0, 0.1) is 0 Å². The van der Waals surface area contributed by atoms with Crippen molar-refractivity contribution >= 4 is 11.4 Å². The minimum Gasteiger partial charge on any atom is -0.394 e. The molecule has 0 aromatic heterocycles. The first-order valence-electron chi connectivity index (χ1n) is 7.14. The number of aliphatic hydroxyl groups excluding tert-OH is 2. The number of hydrogen-bond donors (Lipinski definition) is 3. The molecule has 0 fully saturated rings. The van der Waals surface area contributed by atoms with E-state index in [0.29, 0.717) is 6.54 Å². The van der Waals surface area contributed by atoms with Gasteiger partial charge in [0.1, 0.15) is 0 Å². The van der Waals surface area contributed by atoms with Gasteiger partial charge < -0.3 is 25.2 Å². The molecule has 0 saturated carbocycles. The Hall–Kier alpha value is -1.30. The third kappa shape index (κ3) is 3.85. The number of methoxy groups -OCH3 is 1. The Morgan fingerprint density at radius 2 is 2.30 bits per heavy atom. The molecule has 1 aromatic rings. The molecule has 0 spiro atoms. The van der Waals surface area contributed by atoms with Gasteiger partial charge in [-0.25, -0.2) is 0 Å². The van der Waals surface area contributed by atoms with Crippen molar-refractivity contribution in [2.24, 2.45) is 0 Å². The average Bonchev–Trinajstić information content (AvgIpc) is 2.50. The Morgan fingerprint density at radius 3 is 3.05 bits per heavy atom. The van der Waals surface area contributed by atoms with E-state index in [2.05, 4.69) is 22.3 Å². The minimum atomic E-state index is -0.726. The zero-order chi connectivity index (χ0) is 14.4. The summed E-state index contributed by atoms with van der Waals surface area (Å²) in [7, 11) is 1.72. The summed E-state index contributed by atoms with van der Waals surface area (Å²) in [6.07, 6.45) is 1.56. The molecule has 5 heteroatoms. The van der Waals surface area contributed by atoms with Gasteiger partial charge in [0.15, 0.2) is 0 Å². The van der Waals surface area contributed by atoms with Crippen LogP contribution in [0.5, 0.6) is 0 Å². The van der Waals surface area contributed by atoms with Gasteiger partial charge in [-0.15, -0.1) is 0 Å². The third-order valence-corrected chi connectivity index (χ3v) is 3.62. The van der Waals surface area contributed by atoms with Crippen molar-refractivity contribution in [2.45, 2.75) is 18.9 Å². The molecule has 1 aliphatic heterocycles. The molecule has 2 rings (SSSR count). The first-order valence-corrected chi connectivity index (χ1v) is 7.14. The molecule has 1 aromatic carbocycles. The van der Waals surface area contributed by atoms with Gasteiger partial charge in [-0.3, -0.25) is 0 Å². The van der Waals surface area contributed by atoms with Gasteiger partial charge in [0, 0.05) is 38.1 Å². The zero-order valence-electron chi connectivity index (χ0n) is 12.0. The van der Waals surface area contributed by atoms with E-state index in [1.807, 2.05) is 6.07 Å². The molecule has 1 unspecified atom stereocenters. The number of aliphatic hydroxyl groups is 2. The van der Waals surface area contributed by atoms with Crippen molar-refractivity contribution < 1.29 is 14.9 Å². The average molecular weight is 280 g/mol. The molecule has 112 valence electrons. The molecule has 0 aliphatic carbocycles. The van der Waals surface area contributed by atoms with E-state index in [0.717, 1.165) is 31.8 Å². The van der Waals surface area contributed by atoms with E-state index < -0.39 is 6.10 Å². The highest BCUT2D eigenvalue weighted by atomic mass is 16.5. The molecule has 5 nitrogen and oxygen atoms in total. The molecule has 1 heterocycles. The van der Waals surface area contributed by atoms with Gasteiger partial charge >= 0.3 is 0 Å². The Morgan fingerprint density at radius 1 is 1.45 bits per heavy atom. The summed E-state index contributed by atoms with van der Waals surface area (Å²) in [6, 6.07) is 6.29. The largest absolute Gasteiger partial charge is 0.394 e. The highest BCUT2D eigenvalue weighted by molar-refractivity contribution is 5.64. The van der Waals surface area contributed by atoms with Crippen LogP contribution in [0.3, 0.4) is 0 Å². The van der Waals surface area contributed by atoms with Crippen molar-refractivity contribution in [3.8, 4) is 0 Å². The topological polar surface area (TPSA) is 65.0 Å². The maximum absolute atomic E-state index is 9.39. The van der Waals surface area contributed by atoms with Crippen LogP contribution < -0.4 is 10.2 Å². The maximum atomic E-state index is 9.39. The second-order valence-corrected chi connectivity index (χ2v) is 5.14. The van der Waals surface area contributed by atoms with Crippen molar-refractivity contribution in [2.75, 3.05) is 50.2 Å². The lowest BCUT2D eigenvalue weighted by Crippen LogP contribution is -2.32. The number of ether oxygens (including phenoxy) is 1. The van der Waals surface area contributed by atoms with Crippen molar-refractivity contribution in [3.05, 3.63) is 23.8 Å². The van der Waals surface area contributed by atoms with Crippen LogP contribution >= 0.6 is 0 Å². The van der Waals surface area contributed by atoms with E-state index in [1.165, 1.54) is 17.7 Å². The lowest BCUT2D eigenvalue weighted by molar-refractivity contribution is 0.105. The number of hydrogen-bond acceptors (Lipinski definition) is 5. The second kappa shape index (κ2) is 7.47. The molecular formula is C15H24N2O3. The fourth-order valence-corrected chi connectivity index (χ4v) is 2.49. The second-order valence-electron chi connectivity index (χ2n) is 5.14. The summed E-state index contributed by atoms with van der Waals surface area (Å²) in [6.45, 7) is 2.80. The number of nitrogens with zero attached hydrogens (tertiary/aromatic N) is 1. The standard InChI is InChI=1S/C15H24N2O3/c1-20-8-7-17-6-2-3-12-4-5-13(9-15(12)17)16-10-14(19)11-18/h4-5,9,14,16,18-19H,2-3,6-8,10-11H2,1H3. The molecule has 1 aliphatic rings. The lowest BCUT2D eigenvalue weighted by Gasteiger charge is -2.31. The summed E-state index contributed by atoms with van der Waals surface area (Å²) in [4.78, 5) is 2.34. The van der Waals surface area contributed by atoms with Crippen LogP contribution in [0.4, 0.5) is 11.4 Å². The van der Waals surface area contributed by atoms with Gasteiger partial charge in [0.25, 0.3) is 0 Å².